The van der Waals surface area contributed by atoms with Gasteiger partial charge < -0.3 is 76.3 Å². The van der Waals surface area contributed by atoms with E-state index in [1.54, 1.807) is 72.0 Å². The minimum absolute atomic E-state index is 0.0675. The number of carboxylic acid groups (broad SMARTS) is 1. The van der Waals surface area contributed by atoms with Gasteiger partial charge in [-0.1, -0.05) is 83.2 Å². The summed E-state index contributed by atoms with van der Waals surface area (Å²) in [6.07, 6.45) is -0.400. The topological polar surface area (TPSA) is 346 Å². The molecular formula is C57H97N3O17. The first-order chi connectivity index (χ1) is 36.2. The summed E-state index contributed by atoms with van der Waals surface area (Å²) in [6, 6.07) is 0. The van der Waals surface area contributed by atoms with Crippen LogP contribution in [0.2, 0.25) is 0 Å². The number of nitrogens with one attached hydrogen (secondary N) is 2. The van der Waals surface area contributed by atoms with Crippen molar-refractivity contribution >= 4 is 29.7 Å². The maximum absolute atomic E-state index is 13.6. The number of carbonyl (C=O) groups is 4. The predicted molar refractivity (Wildman–Crippen MR) is 293 cm³/mol. The summed E-state index contributed by atoms with van der Waals surface area (Å²) >= 11 is 0. The van der Waals surface area contributed by atoms with E-state index in [9.17, 15) is 70.2 Å². The number of ketones is 1. The molecule has 0 spiro atoms. The smallest absolute Gasteiger partial charge is 0.334 e. The first-order valence-corrected chi connectivity index (χ1v) is 27.4. The Morgan fingerprint density at radius 1 is 0.753 bits per heavy atom. The van der Waals surface area contributed by atoms with Crippen LogP contribution in [0, 0.1) is 29.6 Å². The van der Waals surface area contributed by atoms with Gasteiger partial charge >= 0.3 is 17.9 Å². The zero-order chi connectivity index (χ0) is 58.4. The third-order valence-corrected chi connectivity index (χ3v) is 14.4. The van der Waals surface area contributed by atoms with Crippen molar-refractivity contribution in [3.8, 4) is 0 Å². The molecule has 0 aromatic carbocycles. The SMILES string of the molecule is CN=C(NC)NCCCC=CCCCC(C)C1OC(=O)C(C)=CC=CC(C)C(O)CC(O)C(C)C(O)CCC(C)C(O)CC(=O)C(O)C(O)CC(O)CC(OC(=O)CC(=O)O)CC(O)CC(O)CC(O)C(C)=CC=CC1C. The monoisotopic (exact) mass is 1100 g/mol. The largest absolute Gasteiger partial charge is 0.481 e. The van der Waals surface area contributed by atoms with Crippen LogP contribution >= 0.6 is 0 Å². The Kier molecular flexibility index (Phi) is 35.1. The maximum Gasteiger partial charge on any atom is 0.334 e. The third kappa shape index (κ3) is 29.4. The Morgan fingerprint density at radius 3 is 1.97 bits per heavy atom. The van der Waals surface area contributed by atoms with E-state index in [0.717, 1.165) is 44.6 Å². The second-order valence-corrected chi connectivity index (χ2v) is 21.3. The van der Waals surface area contributed by atoms with Crippen molar-refractivity contribution in [2.45, 2.75) is 218 Å². The van der Waals surface area contributed by atoms with E-state index < -0.39 is 147 Å². The number of aliphatic hydroxyl groups is 10. The number of esters is 2. The Hall–Kier alpha value is -4.35. The van der Waals surface area contributed by atoms with Gasteiger partial charge in [-0.05, 0) is 82.6 Å². The van der Waals surface area contributed by atoms with Gasteiger partial charge in [-0.25, -0.2) is 4.79 Å². The number of cyclic esters (lactones) is 1. The molecular weight excluding hydrogens is 999 g/mol. The number of carbonyl (C=O) groups excluding carboxylic acids is 3. The molecule has 0 fully saturated rings. The van der Waals surface area contributed by atoms with Gasteiger partial charge in [0.25, 0.3) is 0 Å². The molecule has 0 aromatic rings. The lowest BCUT2D eigenvalue weighted by Crippen LogP contribution is -2.40. The number of hydrogen-bond acceptors (Lipinski definition) is 17. The molecule has 77 heavy (non-hydrogen) atoms. The predicted octanol–water partition coefficient (Wildman–Crippen LogP) is 3.47. The van der Waals surface area contributed by atoms with Crippen molar-refractivity contribution in [1.29, 1.82) is 0 Å². The molecule has 1 aliphatic rings. The minimum Gasteiger partial charge on any atom is -0.481 e. The summed E-state index contributed by atoms with van der Waals surface area (Å²) in [6.45, 7) is 13.0. The molecule has 442 valence electrons. The van der Waals surface area contributed by atoms with Crippen molar-refractivity contribution in [2.75, 3.05) is 20.6 Å². The number of ether oxygens (including phenoxy) is 2. The van der Waals surface area contributed by atoms with Crippen molar-refractivity contribution in [3.63, 3.8) is 0 Å². The molecule has 13 N–H and O–H groups in total. The molecule has 17 atom stereocenters. The second-order valence-electron chi connectivity index (χ2n) is 21.3. The average molecular weight is 1100 g/mol. The van der Waals surface area contributed by atoms with E-state index in [2.05, 4.69) is 27.8 Å². The number of guanidine groups is 1. The standard InChI is InChI=1S/C57H97N3O17/c1-34-19-16-21-38(5)55(37(4)18-14-12-10-11-13-15-25-60-57(58-8)59-9)77-56(75)39(6)22-17-20-35(2)47(66)31-49(68)40(7)45(64)24-23-36(3)48(67)32-51(70)54(74)50(69)30-43(63)28-44(76-53(73)33-52(71)72)27-41(61)26-42(62)29-46(34)65/h10-11,16-17,19-22,35-38,40-50,54-55,61-69,74H,12-15,18,23-33H2,1-9H3,(H,71,72)(H2,58,59,60). The molecule has 0 aliphatic carbocycles. The maximum atomic E-state index is 13.6. The van der Waals surface area contributed by atoms with Crippen molar-refractivity contribution < 1.29 is 84.8 Å². The van der Waals surface area contributed by atoms with E-state index in [1.807, 2.05) is 27.0 Å². The summed E-state index contributed by atoms with van der Waals surface area (Å²) in [5.74, 6) is -5.55. The summed E-state index contributed by atoms with van der Waals surface area (Å²) < 4.78 is 11.4. The second kappa shape index (κ2) is 38.3. The normalized spacial score (nSPS) is 33.1. The number of nitrogens with zero attached hydrogens (tertiary/aromatic N) is 1. The fraction of sp³-hybridized carbons (Fsp3) is 0.737. The van der Waals surface area contributed by atoms with Crippen LogP contribution in [0.15, 0.2) is 64.7 Å². The molecule has 0 aromatic heterocycles. The Morgan fingerprint density at radius 2 is 1.35 bits per heavy atom. The van der Waals surface area contributed by atoms with Crippen LogP contribution in [0.1, 0.15) is 145 Å². The molecule has 1 heterocycles. The number of hydrogen-bond donors (Lipinski definition) is 13. The molecule has 1 aliphatic heterocycles. The third-order valence-electron chi connectivity index (χ3n) is 14.4. The summed E-state index contributed by atoms with van der Waals surface area (Å²) in [7, 11) is 3.52. The van der Waals surface area contributed by atoms with E-state index in [1.165, 1.54) is 0 Å². The van der Waals surface area contributed by atoms with E-state index in [4.69, 9.17) is 14.6 Å². The fourth-order valence-electron chi connectivity index (χ4n) is 8.97. The number of carboxylic acids is 1. The number of aliphatic hydroxyl groups excluding tert-OH is 10. The fourth-order valence-corrected chi connectivity index (χ4v) is 8.97. The molecule has 0 saturated carbocycles. The van der Waals surface area contributed by atoms with Crippen molar-refractivity contribution in [3.05, 3.63) is 59.8 Å². The van der Waals surface area contributed by atoms with Crippen LogP contribution in [0.4, 0.5) is 0 Å². The number of Topliss-reactive ketones (excluding diaryl/α,β-unsaturated/α-hetero) is 1. The van der Waals surface area contributed by atoms with Crippen molar-refractivity contribution in [1.82, 2.24) is 10.6 Å². The first kappa shape index (κ1) is 70.7. The Bertz CT molecular complexity index is 1920. The van der Waals surface area contributed by atoms with Gasteiger partial charge in [0.15, 0.2) is 11.7 Å². The zero-order valence-corrected chi connectivity index (χ0v) is 47.1. The zero-order valence-electron chi connectivity index (χ0n) is 47.1. The van der Waals surface area contributed by atoms with Gasteiger partial charge in [0, 0.05) is 82.5 Å². The van der Waals surface area contributed by atoms with E-state index in [-0.39, 0.29) is 43.9 Å². The highest BCUT2D eigenvalue weighted by atomic mass is 16.6. The molecule has 1 rings (SSSR count). The lowest BCUT2D eigenvalue weighted by atomic mass is 9.86. The van der Waals surface area contributed by atoms with Crippen molar-refractivity contribution in [2.24, 2.45) is 34.6 Å². The van der Waals surface area contributed by atoms with Crippen LogP contribution in [0.25, 0.3) is 0 Å². The van der Waals surface area contributed by atoms with Crippen LogP contribution in [0.5, 0.6) is 0 Å². The van der Waals surface area contributed by atoms with Gasteiger partial charge in [-0.3, -0.25) is 19.4 Å². The van der Waals surface area contributed by atoms with Crippen LogP contribution in [-0.4, -0.2) is 180 Å². The van der Waals surface area contributed by atoms with E-state index in [0.29, 0.717) is 11.1 Å². The molecule has 20 nitrogen and oxygen atoms in total. The average Bonchev–Trinajstić information content (AvgIpc) is 3.35. The molecule has 17 unspecified atom stereocenters. The minimum atomic E-state index is -2.05. The Labute approximate surface area is 456 Å². The van der Waals surface area contributed by atoms with Gasteiger partial charge in [0.05, 0.1) is 54.9 Å². The molecule has 20 heteroatoms. The number of allylic oxidation sites excluding steroid dienone is 6. The van der Waals surface area contributed by atoms with Gasteiger partial charge in [-0.2, -0.15) is 0 Å². The molecule has 0 bridgehead atoms. The van der Waals surface area contributed by atoms with Gasteiger partial charge in [0.1, 0.15) is 24.7 Å². The van der Waals surface area contributed by atoms with Gasteiger partial charge in [-0.15, -0.1) is 0 Å². The molecule has 0 amide bonds. The lowest BCUT2D eigenvalue weighted by Gasteiger charge is -2.28. The number of aliphatic carboxylic acids is 1. The number of aliphatic imine (C=N–C) groups is 1. The number of unbranched alkanes of at least 4 members (excludes halogenated alkanes) is 2. The highest BCUT2D eigenvalue weighted by molar-refractivity contribution is 5.90. The van der Waals surface area contributed by atoms with E-state index >= 15 is 0 Å². The summed E-state index contributed by atoms with van der Waals surface area (Å²) in [4.78, 5) is 54.3. The van der Waals surface area contributed by atoms with Crippen LogP contribution in [-0.2, 0) is 28.7 Å². The highest BCUT2D eigenvalue weighted by Gasteiger charge is 2.33. The molecule has 0 saturated heterocycles. The summed E-state index contributed by atoms with van der Waals surface area (Å²) in [5, 5.41) is 124. The lowest BCUT2D eigenvalue weighted by molar-refractivity contribution is -0.157. The first-order valence-electron chi connectivity index (χ1n) is 27.4. The Balaban J connectivity index is 3.46. The number of rotatable bonds is 12. The summed E-state index contributed by atoms with van der Waals surface area (Å²) in [5.41, 5.74) is 0.779. The van der Waals surface area contributed by atoms with Gasteiger partial charge in [0.2, 0.25) is 0 Å². The quantitative estimate of drug-likeness (QED) is 0.0332. The molecule has 0 radical (unpaired) electrons. The van der Waals surface area contributed by atoms with Crippen LogP contribution in [0.3, 0.4) is 0 Å². The van der Waals surface area contributed by atoms with Crippen LogP contribution < -0.4 is 10.6 Å². The highest BCUT2D eigenvalue weighted by Crippen LogP contribution is 2.27.